The zero-order valence-corrected chi connectivity index (χ0v) is 11.2. The minimum Gasteiger partial charge on any atom is -0.452 e. The van der Waals surface area contributed by atoms with E-state index in [1.807, 2.05) is 12.1 Å². The quantitative estimate of drug-likeness (QED) is 0.673. The lowest BCUT2D eigenvalue weighted by atomic mass is 10.0. The summed E-state index contributed by atoms with van der Waals surface area (Å²) in [5, 5.41) is 0. The van der Waals surface area contributed by atoms with E-state index in [4.69, 9.17) is 10.3 Å². The fourth-order valence-electron chi connectivity index (χ4n) is 1.77. The van der Waals surface area contributed by atoms with Crippen molar-refractivity contribution in [2.45, 2.75) is 19.4 Å². The zero-order chi connectivity index (χ0) is 12.3. The molecule has 1 unspecified atom stereocenters. The third kappa shape index (κ3) is 2.77. The first kappa shape index (κ1) is 12.4. The molecular weight excluding hydrogens is 280 g/mol. The van der Waals surface area contributed by atoms with Crippen LogP contribution in [-0.4, -0.2) is 0 Å². The lowest BCUT2D eigenvalue weighted by molar-refractivity contribution is 0.437. The maximum Gasteiger partial charge on any atom is 0.169 e. The van der Waals surface area contributed by atoms with Crippen LogP contribution in [0.4, 0.5) is 0 Å². The van der Waals surface area contributed by atoms with Gasteiger partial charge in [0, 0.05) is 0 Å². The van der Waals surface area contributed by atoms with Crippen molar-refractivity contribution in [3.63, 3.8) is 0 Å². The lowest BCUT2D eigenvalue weighted by Gasteiger charge is -2.14. The van der Waals surface area contributed by atoms with E-state index in [0.29, 0.717) is 4.67 Å². The number of halogens is 1. The first-order valence-corrected chi connectivity index (χ1v) is 6.34. The molecule has 0 saturated carbocycles. The average molecular weight is 295 g/mol. The predicted octanol–water partition coefficient (Wildman–Crippen LogP) is 3.16. The summed E-state index contributed by atoms with van der Waals surface area (Å²) < 4.78 is 6.23. The van der Waals surface area contributed by atoms with Gasteiger partial charge in [-0.3, -0.25) is 5.84 Å². The highest BCUT2D eigenvalue weighted by Crippen LogP contribution is 2.25. The van der Waals surface area contributed by atoms with Gasteiger partial charge >= 0.3 is 0 Å². The second kappa shape index (κ2) is 5.49. The molecule has 3 N–H and O–H groups in total. The highest BCUT2D eigenvalue weighted by atomic mass is 79.9. The van der Waals surface area contributed by atoms with Gasteiger partial charge in [-0.2, -0.15) is 0 Å². The lowest BCUT2D eigenvalue weighted by Crippen LogP contribution is -2.28. The third-order valence-electron chi connectivity index (χ3n) is 2.77. The number of aryl methyl sites for hydroxylation is 1. The fraction of sp³-hybridized carbons (Fsp3) is 0.231. The van der Waals surface area contributed by atoms with Gasteiger partial charge in [-0.05, 0) is 45.6 Å². The molecule has 2 aromatic rings. The van der Waals surface area contributed by atoms with Crippen LogP contribution in [0, 0.1) is 0 Å². The first-order chi connectivity index (χ1) is 8.24. The van der Waals surface area contributed by atoms with Crippen LogP contribution in [-0.2, 0) is 6.42 Å². The number of furan rings is 1. The summed E-state index contributed by atoms with van der Waals surface area (Å²) in [6, 6.07) is 12.0. The van der Waals surface area contributed by atoms with E-state index < -0.39 is 0 Å². The topological polar surface area (TPSA) is 51.2 Å². The molecule has 0 saturated heterocycles. The van der Waals surface area contributed by atoms with Crippen molar-refractivity contribution in [3.8, 4) is 0 Å². The van der Waals surface area contributed by atoms with Gasteiger partial charge in [0.05, 0.1) is 0 Å². The predicted molar refractivity (Wildman–Crippen MR) is 71.4 cm³/mol. The monoisotopic (exact) mass is 294 g/mol. The van der Waals surface area contributed by atoms with Crippen molar-refractivity contribution in [2.24, 2.45) is 5.84 Å². The van der Waals surface area contributed by atoms with Gasteiger partial charge in [-0.15, -0.1) is 0 Å². The van der Waals surface area contributed by atoms with E-state index in [0.717, 1.165) is 17.7 Å². The maximum atomic E-state index is 5.59. The normalized spacial score (nSPS) is 12.6. The summed E-state index contributed by atoms with van der Waals surface area (Å²) in [6.07, 6.45) is 1.04. The van der Waals surface area contributed by atoms with Crippen LogP contribution >= 0.6 is 15.9 Å². The summed E-state index contributed by atoms with van der Waals surface area (Å²) >= 11 is 3.29. The van der Waals surface area contributed by atoms with Crippen LogP contribution in [0.5, 0.6) is 0 Å². The van der Waals surface area contributed by atoms with Crippen molar-refractivity contribution < 1.29 is 4.42 Å². The Morgan fingerprint density at radius 3 is 2.41 bits per heavy atom. The van der Waals surface area contributed by atoms with Gasteiger partial charge in [0.2, 0.25) is 0 Å². The Balaban J connectivity index is 2.28. The van der Waals surface area contributed by atoms with E-state index in [2.05, 4.69) is 52.5 Å². The molecule has 0 amide bonds. The highest BCUT2D eigenvalue weighted by molar-refractivity contribution is 9.10. The van der Waals surface area contributed by atoms with E-state index >= 15 is 0 Å². The van der Waals surface area contributed by atoms with Crippen molar-refractivity contribution >= 4 is 15.9 Å². The molecule has 0 bridgehead atoms. The third-order valence-corrected chi connectivity index (χ3v) is 3.19. The van der Waals surface area contributed by atoms with Crippen LogP contribution in [0.3, 0.4) is 0 Å². The number of hydrogen-bond acceptors (Lipinski definition) is 3. The Morgan fingerprint density at radius 2 is 1.94 bits per heavy atom. The van der Waals surface area contributed by atoms with Crippen molar-refractivity contribution in [3.05, 3.63) is 58.0 Å². The molecule has 17 heavy (non-hydrogen) atoms. The van der Waals surface area contributed by atoms with Gasteiger partial charge in [-0.25, -0.2) is 5.43 Å². The van der Waals surface area contributed by atoms with E-state index in [-0.39, 0.29) is 6.04 Å². The molecule has 1 aromatic carbocycles. The molecule has 3 nitrogen and oxygen atoms in total. The largest absolute Gasteiger partial charge is 0.452 e. The van der Waals surface area contributed by atoms with Crippen LogP contribution in [0.15, 0.2) is 45.5 Å². The number of hydrogen-bond donors (Lipinski definition) is 2. The Bertz CT molecular complexity index is 478. The molecule has 0 radical (unpaired) electrons. The average Bonchev–Trinajstić information content (AvgIpc) is 2.78. The van der Waals surface area contributed by atoms with Gasteiger partial charge in [0.1, 0.15) is 11.8 Å². The second-order valence-electron chi connectivity index (χ2n) is 3.84. The molecule has 0 aliphatic rings. The molecule has 0 aliphatic heterocycles. The van der Waals surface area contributed by atoms with E-state index in [9.17, 15) is 0 Å². The van der Waals surface area contributed by atoms with Crippen LogP contribution in [0.1, 0.15) is 29.9 Å². The molecular formula is C13H15BrN2O. The minimum absolute atomic E-state index is 0.118. The summed E-state index contributed by atoms with van der Waals surface area (Å²) in [7, 11) is 0. The van der Waals surface area contributed by atoms with Crippen molar-refractivity contribution in [1.82, 2.24) is 5.43 Å². The Morgan fingerprint density at radius 1 is 1.24 bits per heavy atom. The summed E-state index contributed by atoms with van der Waals surface area (Å²) in [5.41, 5.74) is 5.17. The van der Waals surface area contributed by atoms with Crippen molar-refractivity contribution in [2.75, 3.05) is 0 Å². The van der Waals surface area contributed by atoms with Gasteiger partial charge in [0.15, 0.2) is 4.67 Å². The molecule has 1 atom stereocenters. The molecule has 0 spiro atoms. The van der Waals surface area contributed by atoms with Crippen LogP contribution < -0.4 is 11.3 Å². The number of benzene rings is 1. The van der Waals surface area contributed by atoms with Crippen molar-refractivity contribution in [1.29, 1.82) is 0 Å². The Hall–Kier alpha value is -1.10. The second-order valence-corrected chi connectivity index (χ2v) is 4.62. The SMILES string of the molecule is CCc1ccc(C(NN)c2ccc(Br)o2)cc1. The highest BCUT2D eigenvalue weighted by Gasteiger charge is 2.15. The smallest absolute Gasteiger partial charge is 0.169 e. The van der Waals surface area contributed by atoms with E-state index in [1.54, 1.807) is 0 Å². The Labute approximate surface area is 109 Å². The van der Waals surface area contributed by atoms with Crippen LogP contribution in [0.25, 0.3) is 0 Å². The standard InChI is InChI=1S/C13H15BrN2O/c1-2-9-3-5-10(6-4-9)13(16-15)11-7-8-12(14)17-11/h3-8,13,16H,2,15H2,1H3. The number of hydrazine groups is 1. The molecule has 1 heterocycles. The zero-order valence-electron chi connectivity index (χ0n) is 9.61. The van der Waals surface area contributed by atoms with Gasteiger partial charge in [-0.1, -0.05) is 31.2 Å². The fourth-order valence-corrected chi connectivity index (χ4v) is 2.09. The minimum atomic E-state index is -0.118. The Kier molecular flexibility index (Phi) is 3.99. The van der Waals surface area contributed by atoms with Gasteiger partial charge in [0.25, 0.3) is 0 Å². The molecule has 4 heteroatoms. The van der Waals surface area contributed by atoms with Crippen LogP contribution in [0.2, 0.25) is 0 Å². The number of nitrogens with one attached hydrogen (secondary N) is 1. The summed E-state index contributed by atoms with van der Waals surface area (Å²) in [6.45, 7) is 2.14. The molecule has 0 fully saturated rings. The summed E-state index contributed by atoms with van der Waals surface area (Å²) in [4.78, 5) is 0. The molecule has 2 rings (SSSR count). The van der Waals surface area contributed by atoms with Gasteiger partial charge < -0.3 is 4.42 Å². The first-order valence-electron chi connectivity index (χ1n) is 5.54. The summed E-state index contributed by atoms with van der Waals surface area (Å²) in [5.74, 6) is 6.39. The molecule has 1 aromatic heterocycles. The number of rotatable bonds is 4. The molecule has 90 valence electrons. The molecule has 0 aliphatic carbocycles. The maximum absolute atomic E-state index is 5.59. The van der Waals surface area contributed by atoms with E-state index in [1.165, 1.54) is 5.56 Å². The number of nitrogens with two attached hydrogens (primary N) is 1.